The van der Waals surface area contributed by atoms with Crippen LogP contribution in [0.3, 0.4) is 0 Å². The molecular weight excluding hydrogens is 321 g/mol. The predicted octanol–water partition coefficient (Wildman–Crippen LogP) is 2.51. The fourth-order valence-corrected chi connectivity index (χ4v) is 4.14. The van der Waals surface area contributed by atoms with Crippen molar-refractivity contribution in [3.05, 3.63) is 35.6 Å². The van der Waals surface area contributed by atoms with E-state index in [-0.39, 0.29) is 29.8 Å². The molecule has 134 valence electrons. The molecule has 1 N–H and O–H groups in total. The molecule has 0 unspecified atom stereocenters. The Morgan fingerprint density at radius 1 is 1.20 bits per heavy atom. The summed E-state index contributed by atoms with van der Waals surface area (Å²) in [5, 5.41) is 2.90. The normalized spacial score (nSPS) is 25.9. The lowest BCUT2D eigenvalue weighted by atomic mass is 9.96. The Kier molecular flexibility index (Phi) is 4.36. The van der Waals surface area contributed by atoms with Crippen LogP contribution in [-0.2, 0) is 11.3 Å². The average molecular weight is 345 g/mol. The lowest BCUT2D eigenvalue weighted by Crippen LogP contribution is -2.55. The fourth-order valence-electron chi connectivity index (χ4n) is 4.14. The van der Waals surface area contributed by atoms with Gasteiger partial charge in [-0.25, -0.2) is 9.18 Å². The third-order valence-electron chi connectivity index (χ3n) is 5.63. The average Bonchev–Trinajstić information content (AvgIpc) is 3.31. The molecule has 5 nitrogen and oxygen atoms in total. The van der Waals surface area contributed by atoms with Gasteiger partial charge in [0.2, 0.25) is 5.91 Å². The minimum absolute atomic E-state index is 0.113. The van der Waals surface area contributed by atoms with Crippen LogP contribution in [0.25, 0.3) is 0 Å². The second-order valence-electron chi connectivity index (χ2n) is 7.43. The largest absolute Gasteiger partial charge is 0.337 e. The Balaban J connectivity index is 1.38. The number of carbonyl (C=O) groups excluding carboxylic acids is 2. The van der Waals surface area contributed by atoms with Crippen LogP contribution in [0, 0.1) is 11.7 Å². The second-order valence-corrected chi connectivity index (χ2v) is 7.43. The van der Waals surface area contributed by atoms with Crippen molar-refractivity contribution in [2.75, 3.05) is 13.1 Å². The number of urea groups is 1. The molecule has 2 aliphatic heterocycles. The van der Waals surface area contributed by atoms with Gasteiger partial charge in [0.25, 0.3) is 0 Å². The monoisotopic (exact) mass is 345 g/mol. The summed E-state index contributed by atoms with van der Waals surface area (Å²) in [5.74, 6) is 0.614. The van der Waals surface area contributed by atoms with Gasteiger partial charge in [0.1, 0.15) is 5.82 Å². The Morgan fingerprint density at radius 2 is 2.04 bits per heavy atom. The summed E-state index contributed by atoms with van der Waals surface area (Å²) in [5.41, 5.74) is 0.748. The maximum atomic E-state index is 13.2. The number of benzene rings is 1. The van der Waals surface area contributed by atoms with Crippen LogP contribution < -0.4 is 5.32 Å². The molecule has 3 amide bonds. The van der Waals surface area contributed by atoms with Gasteiger partial charge in [0.15, 0.2) is 0 Å². The van der Waals surface area contributed by atoms with Crippen molar-refractivity contribution in [1.29, 1.82) is 0 Å². The number of fused-ring (bicyclic) bond motifs is 1. The van der Waals surface area contributed by atoms with Gasteiger partial charge >= 0.3 is 6.03 Å². The zero-order chi connectivity index (χ0) is 17.4. The lowest BCUT2D eigenvalue weighted by Gasteiger charge is -2.39. The Morgan fingerprint density at radius 3 is 2.80 bits per heavy atom. The summed E-state index contributed by atoms with van der Waals surface area (Å²) in [6, 6.07) is 6.44. The van der Waals surface area contributed by atoms with Crippen molar-refractivity contribution in [1.82, 2.24) is 15.1 Å². The molecule has 0 radical (unpaired) electrons. The van der Waals surface area contributed by atoms with Crippen LogP contribution in [-0.4, -0.2) is 46.9 Å². The van der Waals surface area contributed by atoms with E-state index in [4.69, 9.17) is 0 Å². The van der Waals surface area contributed by atoms with Crippen molar-refractivity contribution in [2.45, 2.75) is 50.7 Å². The Bertz CT molecular complexity index is 676. The van der Waals surface area contributed by atoms with Gasteiger partial charge in [0, 0.05) is 26.1 Å². The first-order valence-electron chi connectivity index (χ1n) is 9.20. The first-order chi connectivity index (χ1) is 12.1. The maximum Gasteiger partial charge on any atom is 0.317 e. The van der Waals surface area contributed by atoms with Crippen molar-refractivity contribution in [3.8, 4) is 0 Å². The van der Waals surface area contributed by atoms with Crippen LogP contribution in [0.5, 0.6) is 0 Å². The van der Waals surface area contributed by atoms with Gasteiger partial charge in [-0.15, -0.1) is 0 Å². The molecule has 4 rings (SSSR count). The van der Waals surface area contributed by atoms with Gasteiger partial charge in [0.05, 0.1) is 12.1 Å². The molecule has 0 spiro atoms. The van der Waals surface area contributed by atoms with Crippen molar-refractivity contribution in [3.63, 3.8) is 0 Å². The number of nitrogens with zero attached hydrogens (tertiary/aromatic N) is 2. The highest BCUT2D eigenvalue weighted by Gasteiger charge is 2.45. The quantitative estimate of drug-likeness (QED) is 0.912. The molecule has 3 aliphatic rings. The van der Waals surface area contributed by atoms with Crippen LogP contribution in [0.2, 0.25) is 0 Å². The van der Waals surface area contributed by atoms with E-state index in [1.807, 2.05) is 9.80 Å². The standard InChI is InChI=1S/C19H24FN3O2/c20-15-3-1-2-14(10-15)11-21-19(25)22-9-8-17-16(22)6-7-18(24)23(17)12-13-4-5-13/h1-3,10,13,16-17H,4-9,11-12H2,(H,21,25)/t16-,17-/m1/s1. The van der Waals surface area contributed by atoms with Crippen LogP contribution in [0.1, 0.15) is 37.7 Å². The topological polar surface area (TPSA) is 52.7 Å². The first kappa shape index (κ1) is 16.4. The number of rotatable bonds is 4. The van der Waals surface area contributed by atoms with E-state index in [2.05, 4.69) is 5.32 Å². The SMILES string of the molecule is O=C1CC[C@@H]2[C@@H](CCN2C(=O)NCc2cccc(F)c2)N1CC1CC1. The van der Waals surface area contributed by atoms with Gasteiger partial charge in [-0.3, -0.25) is 4.79 Å². The molecule has 2 saturated heterocycles. The molecular formula is C19H24FN3O2. The van der Waals surface area contributed by atoms with E-state index < -0.39 is 0 Å². The van der Waals surface area contributed by atoms with Gasteiger partial charge in [-0.2, -0.15) is 0 Å². The first-order valence-corrected chi connectivity index (χ1v) is 9.20. The highest BCUT2D eigenvalue weighted by Crippen LogP contribution is 2.36. The van der Waals surface area contributed by atoms with E-state index in [9.17, 15) is 14.0 Å². The highest BCUT2D eigenvalue weighted by molar-refractivity contribution is 5.79. The number of hydrogen-bond donors (Lipinski definition) is 1. The molecule has 2 atom stereocenters. The smallest absolute Gasteiger partial charge is 0.317 e. The van der Waals surface area contributed by atoms with E-state index in [0.29, 0.717) is 25.4 Å². The van der Waals surface area contributed by atoms with Crippen LogP contribution in [0.15, 0.2) is 24.3 Å². The molecule has 25 heavy (non-hydrogen) atoms. The number of nitrogens with one attached hydrogen (secondary N) is 1. The van der Waals surface area contributed by atoms with E-state index in [1.54, 1.807) is 12.1 Å². The number of likely N-dealkylation sites (tertiary alicyclic amines) is 2. The summed E-state index contributed by atoms with van der Waals surface area (Å²) in [6.07, 6.45) is 4.58. The van der Waals surface area contributed by atoms with Crippen LogP contribution >= 0.6 is 0 Å². The van der Waals surface area contributed by atoms with Crippen LogP contribution in [0.4, 0.5) is 9.18 Å². The Labute approximate surface area is 147 Å². The fraction of sp³-hybridized carbons (Fsp3) is 0.579. The van der Waals surface area contributed by atoms with Gasteiger partial charge in [-0.1, -0.05) is 12.1 Å². The Hall–Kier alpha value is -2.11. The molecule has 2 heterocycles. The van der Waals surface area contributed by atoms with Crippen molar-refractivity contribution >= 4 is 11.9 Å². The summed E-state index contributed by atoms with van der Waals surface area (Å²) in [7, 11) is 0. The van der Waals surface area contributed by atoms with Crippen molar-refractivity contribution in [2.24, 2.45) is 5.92 Å². The third kappa shape index (κ3) is 3.48. The van der Waals surface area contributed by atoms with Gasteiger partial charge < -0.3 is 15.1 Å². The molecule has 0 bridgehead atoms. The summed E-state index contributed by atoms with van der Waals surface area (Å²) < 4.78 is 13.2. The predicted molar refractivity (Wildman–Crippen MR) is 91.2 cm³/mol. The second kappa shape index (κ2) is 6.65. The molecule has 3 fully saturated rings. The third-order valence-corrected chi connectivity index (χ3v) is 5.63. The molecule has 6 heteroatoms. The summed E-state index contributed by atoms with van der Waals surface area (Å²) >= 11 is 0. The van der Waals surface area contributed by atoms with E-state index >= 15 is 0 Å². The molecule has 1 aromatic carbocycles. The minimum Gasteiger partial charge on any atom is -0.337 e. The molecule has 1 aliphatic carbocycles. The molecule has 1 saturated carbocycles. The zero-order valence-corrected chi connectivity index (χ0v) is 14.3. The maximum absolute atomic E-state index is 13.2. The number of carbonyl (C=O) groups is 2. The van der Waals surface area contributed by atoms with E-state index in [0.717, 1.165) is 24.9 Å². The number of piperidine rings is 1. The van der Waals surface area contributed by atoms with Crippen molar-refractivity contribution < 1.29 is 14.0 Å². The molecule has 1 aromatic rings. The minimum atomic E-state index is -0.297. The summed E-state index contributed by atoms with van der Waals surface area (Å²) in [6.45, 7) is 1.85. The number of amides is 3. The number of halogens is 1. The van der Waals surface area contributed by atoms with Gasteiger partial charge in [-0.05, 0) is 49.3 Å². The van der Waals surface area contributed by atoms with E-state index in [1.165, 1.54) is 25.0 Å². The highest BCUT2D eigenvalue weighted by atomic mass is 19.1. The number of hydrogen-bond acceptors (Lipinski definition) is 2. The summed E-state index contributed by atoms with van der Waals surface area (Å²) in [4.78, 5) is 28.8. The lowest BCUT2D eigenvalue weighted by molar-refractivity contribution is -0.137. The zero-order valence-electron chi connectivity index (χ0n) is 14.3. The molecule has 0 aromatic heterocycles.